The lowest BCUT2D eigenvalue weighted by Gasteiger charge is -2.20. The first-order valence-electron chi connectivity index (χ1n) is 13.1. The maximum Gasteiger partial charge on any atom is 0.282 e. The van der Waals surface area contributed by atoms with Crippen LogP contribution in [0.1, 0.15) is 24.4 Å². The van der Waals surface area contributed by atoms with E-state index in [0.29, 0.717) is 44.9 Å². The van der Waals surface area contributed by atoms with E-state index in [4.69, 9.17) is 5.10 Å². The number of para-hydroxylation sites is 1. The van der Waals surface area contributed by atoms with E-state index < -0.39 is 16.1 Å². The Kier molecular flexibility index (Phi) is 5.73. The molecule has 12 nitrogen and oxygen atoms in total. The summed E-state index contributed by atoms with van der Waals surface area (Å²) in [5.74, 6) is 1.02. The van der Waals surface area contributed by atoms with Gasteiger partial charge in [-0.1, -0.05) is 18.2 Å². The molecule has 13 heteroatoms. The number of nitrogens with one attached hydrogen (secondary N) is 2. The minimum absolute atomic E-state index is 0.174. The average molecular weight is 580 g/mol. The monoisotopic (exact) mass is 579 g/mol. The van der Waals surface area contributed by atoms with E-state index in [9.17, 15) is 13.2 Å². The highest BCUT2D eigenvalue weighted by molar-refractivity contribution is 7.89. The van der Waals surface area contributed by atoms with Crippen molar-refractivity contribution >= 4 is 43.4 Å². The zero-order valence-corrected chi connectivity index (χ0v) is 23.7. The van der Waals surface area contributed by atoms with E-state index >= 15 is 0 Å². The summed E-state index contributed by atoms with van der Waals surface area (Å²) in [6.45, 7) is 3.81. The number of hydrogen-bond donors (Lipinski definition) is 2. The normalized spacial score (nSPS) is 12.8. The third-order valence-electron chi connectivity index (χ3n) is 7.34. The summed E-state index contributed by atoms with van der Waals surface area (Å²) in [4.78, 5) is 30.3. The number of pyridine rings is 1. The summed E-state index contributed by atoms with van der Waals surface area (Å²) < 4.78 is 29.0. The Morgan fingerprint density at radius 3 is 2.57 bits per heavy atom. The van der Waals surface area contributed by atoms with Gasteiger partial charge in [-0.25, -0.2) is 31.9 Å². The van der Waals surface area contributed by atoms with Crippen LogP contribution in [0.2, 0.25) is 0 Å². The van der Waals surface area contributed by atoms with Crippen molar-refractivity contribution in [3.05, 3.63) is 101 Å². The molecule has 6 aromatic heterocycles. The van der Waals surface area contributed by atoms with Gasteiger partial charge < -0.3 is 10.3 Å². The molecule has 210 valence electrons. The van der Waals surface area contributed by atoms with E-state index in [1.54, 1.807) is 27.5 Å². The summed E-state index contributed by atoms with van der Waals surface area (Å²) in [5.41, 5.74) is 4.33. The topological polar surface area (TPSA) is 145 Å². The molecule has 0 bridgehead atoms. The molecular weight excluding hydrogens is 554 g/mol. The number of aromatic amines is 1. The van der Waals surface area contributed by atoms with Crippen LogP contribution in [0.3, 0.4) is 0 Å². The van der Waals surface area contributed by atoms with Crippen molar-refractivity contribution in [2.45, 2.75) is 19.9 Å². The highest BCUT2D eigenvalue weighted by Crippen LogP contribution is 2.37. The van der Waals surface area contributed by atoms with Crippen LogP contribution in [0.15, 0.2) is 84.4 Å². The van der Waals surface area contributed by atoms with Gasteiger partial charge >= 0.3 is 0 Å². The first-order chi connectivity index (χ1) is 20.2. The van der Waals surface area contributed by atoms with Gasteiger partial charge in [0, 0.05) is 35.7 Å². The fraction of sp³-hybridized carbons (Fsp3) is 0.138. The number of hydrogen-bond acceptors (Lipinski definition) is 8. The molecule has 0 fully saturated rings. The fourth-order valence-electron chi connectivity index (χ4n) is 5.41. The van der Waals surface area contributed by atoms with Gasteiger partial charge in [0.15, 0.2) is 11.5 Å². The molecule has 1 aromatic carbocycles. The van der Waals surface area contributed by atoms with Crippen LogP contribution in [-0.4, -0.2) is 52.8 Å². The molecule has 42 heavy (non-hydrogen) atoms. The van der Waals surface area contributed by atoms with Crippen molar-refractivity contribution in [2.75, 3.05) is 11.6 Å². The minimum Gasteiger partial charge on any atom is -0.360 e. The van der Waals surface area contributed by atoms with Crippen molar-refractivity contribution in [3.8, 4) is 16.8 Å². The molecule has 6 heterocycles. The van der Waals surface area contributed by atoms with Gasteiger partial charge in [-0.2, -0.15) is 5.10 Å². The zero-order chi connectivity index (χ0) is 29.2. The number of anilines is 1. The number of aromatic nitrogens is 8. The third kappa shape index (κ3) is 3.96. The number of benzene rings is 1. The molecule has 7 aromatic rings. The van der Waals surface area contributed by atoms with Gasteiger partial charge in [0.25, 0.3) is 5.56 Å². The Balaban J connectivity index is 1.38. The smallest absolute Gasteiger partial charge is 0.282 e. The summed E-state index contributed by atoms with van der Waals surface area (Å²) in [7, 11) is -3.54. The Labute approximate surface area is 239 Å². The van der Waals surface area contributed by atoms with Crippen LogP contribution in [0, 0.1) is 6.92 Å². The molecule has 0 radical (unpaired) electrons. The molecule has 2 N–H and O–H groups in total. The average Bonchev–Trinajstić information content (AvgIpc) is 3.70. The molecule has 0 spiro atoms. The molecule has 0 aliphatic rings. The molecular formula is C29H25N9O3S. The zero-order valence-electron chi connectivity index (χ0n) is 22.8. The second-order valence-electron chi connectivity index (χ2n) is 10.1. The molecule has 0 aliphatic carbocycles. The van der Waals surface area contributed by atoms with Crippen molar-refractivity contribution in [1.82, 2.24) is 38.1 Å². The molecule has 1 atom stereocenters. The maximum atomic E-state index is 13.8. The molecule has 0 unspecified atom stereocenters. The Morgan fingerprint density at radius 1 is 0.976 bits per heavy atom. The fourth-order valence-corrected chi connectivity index (χ4v) is 6.15. The molecule has 7 rings (SSSR count). The maximum absolute atomic E-state index is 13.8. The number of nitrogens with zero attached hydrogens (tertiary/aromatic N) is 7. The highest BCUT2D eigenvalue weighted by atomic mass is 32.2. The number of fused-ring (bicyclic) bond motifs is 3. The summed E-state index contributed by atoms with van der Waals surface area (Å²) in [6.07, 6.45) is 9.26. The van der Waals surface area contributed by atoms with Crippen LogP contribution in [0.25, 0.3) is 44.4 Å². The largest absolute Gasteiger partial charge is 0.360 e. The first-order valence-corrected chi connectivity index (χ1v) is 15.0. The van der Waals surface area contributed by atoms with Crippen LogP contribution in [0.5, 0.6) is 0 Å². The SMILES string of the molecule is Cc1ccn2nc([C@H](C)Nc3ncnc4[nH]cc(-c5ccnc6c5ccn6S(C)(=O)=O)c34)n(-c3ccccc3)c(=O)c12. The van der Waals surface area contributed by atoms with Gasteiger partial charge in [0.1, 0.15) is 23.3 Å². The van der Waals surface area contributed by atoms with Crippen LogP contribution >= 0.6 is 0 Å². The molecule has 0 aliphatic heterocycles. The van der Waals surface area contributed by atoms with Gasteiger partial charge in [0.2, 0.25) is 10.0 Å². The summed E-state index contributed by atoms with van der Waals surface area (Å²) in [6, 6.07) is 14.4. The van der Waals surface area contributed by atoms with E-state index in [0.717, 1.165) is 26.9 Å². The van der Waals surface area contributed by atoms with Crippen molar-refractivity contribution in [2.24, 2.45) is 0 Å². The van der Waals surface area contributed by atoms with E-state index in [-0.39, 0.29) is 5.56 Å². The number of H-pyrrole nitrogens is 1. The Bertz CT molecular complexity index is 2320. The van der Waals surface area contributed by atoms with Crippen LogP contribution < -0.4 is 10.9 Å². The minimum atomic E-state index is -3.54. The van der Waals surface area contributed by atoms with Gasteiger partial charge in [0.05, 0.1) is 23.4 Å². The first kappa shape index (κ1) is 25.7. The van der Waals surface area contributed by atoms with Crippen LogP contribution in [-0.2, 0) is 10.0 Å². The Hall–Kier alpha value is -5.30. The molecule has 0 amide bonds. The van der Waals surface area contributed by atoms with Crippen molar-refractivity contribution in [1.29, 1.82) is 0 Å². The second kappa shape index (κ2) is 9.38. The number of aryl methyl sites for hydroxylation is 1. The van der Waals surface area contributed by atoms with E-state index in [1.807, 2.05) is 62.5 Å². The quantitative estimate of drug-likeness (QED) is 0.300. The van der Waals surface area contributed by atoms with Gasteiger partial charge in [-0.15, -0.1) is 0 Å². The van der Waals surface area contributed by atoms with Gasteiger partial charge in [-0.3, -0.25) is 9.36 Å². The van der Waals surface area contributed by atoms with Crippen molar-refractivity contribution in [3.63, 3.8) is 0 Å². The predicted octanol–water partition coefficient (Wildman–Crippen LogP) is 4.06. The van der Waals surface area contributed by atoms with E-state index in [2.05, 4.69) is 25.3 Å². The Morgan fingerprint density at radius 2 is 1.79 bits per heavy atom. The lowest BCUT2D eigenvalue weighted by molar-refractivity contribution is 0.595. The highest BCUT2D eigenvalue weighted by Gasteiger charge is 2.23. The lowest BCUT2D eigenvalue weighted by Crippen LogP contribution is -2.29. The molecule has 0 saturated carbocycles. The third-order valence-corrected chi connectivity index (χ3v) is 8.35. The van der Waals surface area contributed by atoms with Crippen molar-refractivity contribution < 1.29 is 8.42 Å². The van der Waals surface area contributed by atoms with E-state index in [1.165, 1.54) is 12.5 Å². The number of rotatable bonds is 6. The van der Waals surface area contributed by atoms with Gasteiger partial charge in [-0.05, 0) is 55.3 Å². The summed E-state index contributed by atoms with van der Waals surface area (Å²) in [5, 5.41) is 9.67. The predicted molar refractivity (Wildman–Crippen MR) is 160 cm³/mol. The second-order valence-corrected chi connectivity index (χ2v) is 12.0. The summed E-state index contributed by atoms with van der Waals surface area (Å²) >= 11 is 0. The molecule has 0 saturated heterocycles. The lowest BCUT2D eigenvalue weighted by atomic mass is 10.0. The van der Waals surface area contributed by atoms with Crippen LogP contribution in [0.4, 0.5) is 5.82 Å². The standard InChI is InChI=1S/C29H25N9O3S/c1-17-10-13-36-24(17)29(39)38(19-7-5-4-6-8-19)27(35-36)18(2)34-26-23-22(15-31-25(23)32-16-33-26)20-9-12-30-28-21(20)11-14-37(28)42(3,40)41/h4-16,18H,1-3H3,(H2,31,32,33,34)/t18-/m0/s1.